The molecule has 0 saturated heterocycles. The lowest BCUT2D eigenvalue weighted by molar-refractivity contribution is 0.276. The summed E-state index contributed by atoms with van der Waals surface area (Å²) < 4.78 is 0. The third-order valence-electron chi connectivity index (χ3n) is 4.48. The first-order valence-electron chi connectivity index (χ1n) is 7.44. The molecule has 20 heavy (non-hydrogen) atoms. The zero-order valence-corrected chi connectivity index (χ0v) is 12.8. The van der Waals surface area contributed by atoms with E-state index in [1.54, 1.807) is 0 Å². The largest absolute Gasteiger partial charge is 0.381 e. The summed E-state index contributed by atoms with van der Waals surface area (Å²) in [6, 6.07) is 8.55. The molecule has 0 aliphatic heterocycles. The van der Waals surface area contributed by atoms with Gasteiger partial charge >= 0.3 is 0 Å². The molecular formula is C17H21ClN2. The van der Waals surface area contributed by atoms with E-state index >= 15 is 0 Å². The quantitative estimate of drug-likeness (QED) is 0.829. The minimum atomic E-state index is 0.562. The van der Waals surface area contributed by atoms with Crippen LogP contribution in [0.5, 0.6) is 0 Å². The highest BCUT2D eigenvalue weighted by molar-refractivity contribution is 6.31. The van der Waals surface area contributed by atoms with E-state index in [0.717, 1.165) is 21.8 Å². The number of fused-ring (bicyclic) bond motifs is 1. The maximum Gasteiger partial charge on any atom is 0.0737 e. The fourth-order valence-electron chi connectivity index (χ4n) is 3.33. The van der Waals surface area contributed by atoms with Gasteiger partial charge in [0.2, 0.25) is 0 Å². The number of nitrogens with zero attached hydrogens (tertiary/aromatic N) is 1. The highest BCUT2D eigenvalue weighted by atomic mass is 35.5. The number of hydrogen-bond acceptors (Lipinski definition) is 2. The van der Waals surface area contributed by atoms with E-state index in [9.17, 15) is 0 Å². The summed E-state index contributed by atoms with van der Waals surface area (Å²) in [5.41, 5.74) is 2.14. The Labute approximate surface area is 125 Å². The van der Waals surface area contributed by atoms with Gasteiger partial charge in [-0.25, -0.2) is 0 Å². The van der Waals surface area contributed by atoms with Crippen LogP contribution in [0.25, 0.3) is 10.9 Å². The Morgan fingerprint density at radius 3 is 2.85 bits per heavy atom. The Balaban J connectivity index is 1.87. The number of nitrogens with one attached hydrogen (secondary N) is 1. The van der Waals surface area contributed by atoms with E-state index in [1.807, 2.05) is 18.3 Å². The summed E-state index contributed by atoms with van der Waals surface area (Å²) in [6.07, 6.45) is 5.74. The van der Waals surface area contributed by atoms with Gasteiger partial charge in [0.15, 0.2) is 0 Å². The molecule has 1 fully saturated rings. The lowest BCUT2D eigenvalue weighted by Crippen LogP contribution is -2.33. The average Bonchev–Trinajstić information content (AvgIpc) is 2.41. The van der Waals surface area contributed by atoms with Crippen LogP contribution in [0.3, 0.4) is 0 Å². The van der Waals surface area contributed by atoms with Gasteiger partial charge in [0.25, 0.3) is 0 Å². The summed E-state index contributed by atoms with van der Waals surface area (Å²) in [7, 11) is 0. The predicted molar refractivity (Wildman–Crippen MR) is 86.3 cm³/mol. The van der Waals surface area contributed by atoms with Crippen LogP contribution < -0.4 is 5.32 Å². The van der Waals surface area contributed by atoms with Crippen molar-refractivity contribution in [2.24, 2.45) is 11.8 Å². The van der Waals surface area contributed by atoms with Crippen molar-refractivity contribution in [3.63, 3.8) is 0 Å². The van der Waals surface area contributed by atoms with E-state index < -0.39 is 0 Å². The van der Waals surface area contributed by atoms with Crippen molar-refractivity contribution < 1.29 is 0 Å². The molecule has 2 aromatic rings. The van der Waals surface area contributed by atoms with Crippen LogP contribution in [0, 0.1) is 11.8 Å². The minimum Gasteiger partial charge on any atom is -0.381 e. The molecular weight excluding hydrogens is 268 g/mol. The van der Waals surface area contributed by atoms with E-state index in [1.165, 1.54) is 24.9 Å². The van der Waals surface area contributed by atoms with Crippen LogP contribution in [0.15, 0.2) is 30.5 Å². The Hall–Kier alpha value is -1.28. The molecule has 3 atom stereocenters. The van der Waals surface area contributed by atoms with Gasteiger partial charge in [-0.3, -0.25) is 4.98 Å². The Morgan fingerprint density at radius 1 is 1.20 bits per heavy atom. The number of rotatable bonds is 2. The van der Waals surface area contributed by atoms with Gasteiger partial charge in [-0.2, -0.15) is 0 Å². The molecule has 0 amide bonds. The summed E-state index contributed by atoms with van der Waals surface area (Å²) in [5, 5.41) is 5.62. The monoisotopic (exact) mass is 288 g/mol. The molecule has 1 saturated carbocycles. The molecule has 2 nitrogen and oxygen atoms in total. The Bertz CT molecular complexity index is 611. The molecule has 1 aliphatic rings. The van der Waals surface area contributed by atoms with E-state index in [0.29, 0.717) is 12.0 Å². The second kappa shape index (κ2) is 5.61. The molecule has 3 heteroatoms. The predicted octanol–water partition coefficient (Wildman–Crippen LogP) is 5.12. The number of aromatic nitrogens is 1. The topological polar surface area (TPSA) is 24.9 Å². The molecule has 1 N–H and O–H groups in total. The maximum absolute atomic E-state index is 6.04. The van der Waals surface area contributed by atoms with E-state index in [2.05, 4.69) is 36.3 Å². The average molecular weight is 289 g/mol. The minimum absolute atomic E-state index is 0.562. The van der Waals surface area contributed by atoms with Crippen molar-refractivity contribution in [3.8, 4) is 0 Å². The fraction of sp³-hybridized carbons (Fsp3) is 0.471. The standard InChI is InChI=1S/C17H21ClN2/c1-11-3-6-15(12(2)9-11)20-16-7-8-19-17-10-13(18)4-5-14(16)17/h4-5,7-8,10-12,15H,3,6,9H2,1-2H3,(H,19,20). The zero-order valence-electron chi connectivity index (χ0n) is 12.1. The molecule has 1 heterocycles. The number of pyridine rings is 1. The second-order valence-corrected chi connectivity index (χ2v) is 6.60. The van der Waals surface area contributed by atoms with Crippen LogP contribution in [0.2, 0.25) is 5.02 Å². The fourth-order valence-corrected chi connectivity index (χ4v) is 3.49. The Morgan fingerprint density at radius 2 is 2.05 bits per heavy atom. The zero-order chi connectivity index (χ0) is 14.1. The third kappa shape index (κ3) is 2.76. The van der Waals surface area contributed by atoms with Gasteiger partial charge in [0, 0.05) is 28.3 Å². The summed E-state index contributed by atoms with van der Waals surface area (Å²) in [4.78, 5) is 4.40. The van der Waals surface area contributed by atoms with Crippen LogP contribution in [-0.2, 0) is 0 Å². The SMILES string of the molecule is CC1CCC(Nc2ccnc3cc(Cl)ccc23)C(C)C1. The van der Waals surface area contributed by atoms with E-state index in [4.69, 9.17) is 11.6 Å². The maximum atomic E-state index is 6.04. The highest BCUT2D eigenvalue weighted by Gasteiger charge is 2.25. The molecule has 106 valence electrons. The van der Waals surface area contributed by atoms with Crippen LogP contribution >= 0.6 is 11.6 Å². The van der Waals surface area contributed by atoms with Crippen molar-refractivity contribution in [2.75, 3.05) is 5.32 Å². The van der Waals surface area contributed by atoms with Gasteiger partial charge in [0.05, 0.1) is 5.52 Å². The highest BCUT2D eigenvalue weighted by Crippen LogP contribution is 2.32. The van der Waals surface area contributed by atoms with Gasteiger partial charge in [-0.05, 0) is 55.4 Å². The molecule has 1 aromatic heterocycles. The molecule has 1 aromatic carbocycles. The van der Waals surface area contributed by atoms with Crippen LogP contribution in [0.4, 0.5) is 5.69 Å². The summed E-state index contributed by atoms with van der Waals surface area (Å²) >= 11 is 6.04. The van der Waals surface area contributed by atoms with E-state index in [-0.39, 0.29) is 0 Å². The van der Waals surface area contributed by atoms with Gasteiger partial charge in [0.1, 0.15) is 0 Å². The van der Waals surface area contributed by atoms with Gasteiger partial charge in [-0.15, -0.1) is 0 Å². The van der Waals surface area contributed by atoms with Gasteiger partial charge in [-0.1, -0.05) is 25.4 Å². The first-order valence-corrected chi connectivity index (χ1v) is 7.82. The Kier molecular flexibility index (Phi) is 3.84. The van der Waals surface area contributed by atoms with Crippen molar-refractivity contribution in [1.82, 2.24) is 4.98 Å². The first kappa shape index (κ1) is 13.7. The summed E-state index contributed by atoms with van der Waals surface area (Å²) in [6.45, 7) is 4.71. The molecule has 0 radical (unpaired) electrons. The third-order valence-corrected chi connectivity index (χ3v) is 4.71. The van der Waals surface area contributed by atoms with Gasteiger partial charge < -0.3 is 5.32 Å². The lowest BCUT2D eigenvalue weighted by atomic mass is 9.80. The van der Waals surface area contributed by atoms with Crippen molar-refractivity contribution in [2.45, 2.75) is 39.2 Å². The molecule has 0 bridgehead atoms. The molecule has 3 unspecified atom stereocenters. The first-order chi connectivity index (χ1) is 9.63. The second-order valence-electron chi connectivity index (χ2n) is 6.17. The van der Waals surface area contributed by atoms with Crippen molar-refractivity contribution >= 4 is 28.2 Å². The number of anilines is 1. The summed E-state index contributed by atoms with van der Waals surface area (Å²) in [5.74, 6) is 1.57. The molecule has 0 spiro atoms. The normalized spacial score (nSPS) is 26.6. The number of benzene rings is 1. The molecule has 3 rings (SSSR count). The van der Waals surface area contributed by atoms with Crippen molar-refractivity contribution in [1.29, 1.82) is 0 Å². The number of hydrogen-bond donors (Lipinski definition) is 1. The van der Waals surface area contributed by atoms with Crippen molar-refractivity contribution in [3.05, 3.63) is 35.5 Å². The molecule has 1 aliphatic carbocycles. The van der Waals surface area contributed by atoms with Crippen LogP contribution in [0.1, 0.15) is 33.1 Å². The number of halogens is 1. The van der Waals surface area contributed by atoms with Crippen LogP contribution in [-0.4, -0.2) is 11.0 Å². The lowest BCUT2D eigenvalue weighted by Gasteiger charge is -2.34. The smallest absolute Gasteiger partial charge is 0.0737 e.